The minimum Gasteiger partial charge on any atom is -0.478 e. The van der Waals surface area contributed by atoms with Gasteiger partial charge in [-0.2, -0.15) is 0 Å². The molecule has 0 aromatic heterocycles. The first kappa shape index (κ1) is 18.1. The average Bonchev–Trinajstić information content (AvgIpc) is 2.40. The van der Waals surface area contributed by atoms with Crippen molar-refractivity contribution in [3.05, 3.63) is 28.0 Å². The Morgan fingerprint density at radius 3 is 2.43 bits per heavy atom. The number of aromatic carboxylic acids is 1. The van der Waals surface area contributed by atoms with Crippen LogP contribution >= 0.6 is 15.9 Å². The molecule has 0 atom stereocenters. The summed E-state index contributed by atoms with van der Waals surface area (Å²) in [6, 6.07) is 2.17. The van der Waals surface area contributed by atoms with Crippen LogP contribution in [0.5, 0.6) is 0 Å². The third-order valence-electron chi connectivity index (χ3n) is 3.09. The Morgan fingerprint density at radius 1 is 1.24 bits per heavy atom. The molecular formula is C14H18BrFO4S. The molecule has 21 heavy (non-hydrogen) atoms. The van der Waals surface area contributed by atoms with Gasteiger partial charge in [0.25, 0.3) is 0 Å². The van der Waals surface area contributed by atoms with Gasteiger partial charge in [0.15, 0.2) is 15.7 Å². The van der Waals surface area contributed by atoms with Crippen LogP contribution < -0.4 is 0 Å². The van der Waals surface area contributed by atoms with E-state index in [1.165, 1.54) is 0 Å². The van der Waals surface area contributed by atoms with Crippen molar-refractivity contribution in [2.24, 2.45) is 0 Å². The van der Waals surface area contributed by atoms with Crippen molar-refractivity contribution in [2.75, 3.05) is 5.75 Å². The maximum absolute atomic E-state index is 14.0. The van der Waals surface area contributed by atoms with E-state index in [1.54, 1.807) is 0 Å². The largest absolute Gasteiger partial charge is 0.478 e. The summed E-state index contributed by atoms with van der Waals surface area (Å²) < 4.78 is 38.6. The van der Waals surface area contributed by atoms with Crippen LogP contribution in [0.4, 0.5) is 4.39 Å². The normalized spacial score (nSPS) is 11.6. The highest BCUT2D eigenvalue weighted by Crippen LogP contribution is 2.25. The Bertz CT molecular complexity index is 614. The number of halogens is 2. The van der Waals surface area contributed by atoms with E-state index in [0.717, 1.165) is 37.8 Å². The van der Waals surface area contributed by atoms with Crippen molar-refractivity contribution in [1.82, 2.24) is 0 Å². The molecule has 0 radical (unpaired) electrons. The first-order valence-corrected chi connectivity index (χ1v) is 9.19. The number of benzene rings is 1. The van der Waals surface area contributed by atoms with Gasteiger partial charge in [0.2, 0.25) is 0 Å². The fourth-order valence-electron chi connectivity index (χ4n) is 1.95. The summed E-state index contributed by atoms with van der Waals surface area (Å²) >= 11 is 3.02. The molecule has 0 saturated heterocycles. The maximum atomic E-state index is 14.0. The average molecular weight is 381 g/mol. The van der Waals surface area contributed by atoms with Crippen LogP contribution in [-0.4, -0.2) is 25.2 Å². The third kappa shape index (κ3) is 5.07. The second-order valence-corrected chi connectivity index (χ2v) is 7.80. The van der Waals surface area contributed by atoms with Crippen LogP contribution in [-0.2, 0) is 9.84 Å². The van der Waals surface area contributed by atoms with Gasteiger partial charge in [0.1, 0.15) is 4.90 Å². The van der Waals surface area contributed by atoms with Crippen LogP contribution in [0.3, 0.4) is 0 Å². The molecule has 0 aliphatic carbocycles. The smallest absolute Gasteiger partial charge is 0.338 e. The first-order chi connectivity index (χ1) is 9.79. The lowest BCUT2D eigenvalue weighted by molar-refractivity contribution is 0.0691. The van der Waals surface area contributed by atoms with Gasteiger partial charge in [-0.1, -0.05) is 48.5 Å². The fraction of sp³-hybridized carbons (Fsp3) is 0.500. The fourth-order valence-corrected chi connectivity index (χ4v) is 4.05. The van der Waals surface area contributed by atoms with Crippen LogP contribution in [0.2, 0.25) is 0 Å². The van der Waals surface area contributed by atoms with Gasteiger partial charge < -0.3 is 5.11 Å². The molecule has 7 heteroatoms. The lowest BCUT2D eigenvalue weighted by Crippen LogP contribution is -2.12. The molecule has 0 unspecified atom stereocenters. The van der Waals surface area contributed by atoms with Gasteiger partial charge in [0, 0.05) is 4.47 Å². The molecular weight excluding hydrogens is 363 g/mol. The molecule has 0 aliphatic heterocycles. The van der Waals surface area contributed by atoms with E-state index >= 15 is 0 Å². The summed E-state index contributed by atoms with van der Waals surface area (Å²) in [4.78, 5) is 10.4. The molecule has 1 rings (SSSR count). The molecule has 0 bridgehead atoms. The van der Waals surface area contributed by atoms with Crippen molar-refractivity contribution >= 4 is 31.7 Å². The summed E-state index contributed by atoms with van der Waals surface area (Å²) in [5.74, 6) is -2.86. The predicted octanol–water partition coefficient (Wildman–Crippen LogP) is 4.03. The first-order valence-electron chi connectivity index (χ1n) is 6.74. The molecule has 0 aliphatic rings. The van der Waals surface area contributed by atoms with Gasteiger partial charge in [-0.05, 0) is 18.6 Å². The van der Waals surface area contributed by atoms with Crippen molar-refractivity contribution in [1.29, 1.82) is 0 Å². The Labute approximate surface area is 132 Å². The van der Waals surface area contributed by atoms with Crippen LogP contribution in [0.25, 0.3) is 0 Å². The molecule has 0 saturated carbocycles. The van der Waals surface area contributed by atoms with Gasteiger partial charge in [-0.3, -0.25) is 0 Å². The van der Waals surface area contributed by atoms with Crippen molar-refractivity contribution < 1.29 is 22.7 Å². The van der Waals surface area contributed by atoms with Crippen LogP contribution in [0, 0.1) is 5.82 Å². The molecule has 1 aromatic rings. The SMILES string of the molecule is CCCCCCCS(=O)(=O)c1cc(Br)cc(C(=O)O)c1F. The zero-order chi connectivity index (χ0) is 16.0. The summed E-state index contributed by atoms with van der Waals surface area (Å²) in [5, 5.41) is 8.90. The number of carbonyl (C=O) groups is 1. The molecule has 0 fully saturated rings. The van der Waals surface area contributed by atoms with Crippen LogP contribution in [0.1, 0.15) is 49.4 Å². The molecule has 1 N–H and O–H groups in total. The van der Waals surface area contributed by atoms with Crippen molar-refractivity contribution in [3.8, 4) is 0 Å². The van der Waals surface area contributed by atoms with E-state index in [9.17, 15) is 17.6 Å². The van der Waals surface area contributed by atoms with E-state index in [1.807, 2.05) is 0 Å². The van der Waals surface area contributed by atoms with Crippen LogP contribution in [0.15, 0.2) is 21.5 Å². The monoisotopic (exact) mass is 380 g/mol. The van der Waals surface area contributed by atoms with Crippen molar-refractivity contribution in [3.63, 3.8) is 0 Å². The number of rotatable bonds is 8. The molecule has 118 valence electrons. The Hall–Kier alpha value is -0.950. The number of unbranched alkanes of at least 4 members (excludes halogenated alkanes) is 4. The highest BCUT2D eigenvalue weighted by atomic mass is 79.9. The molecule has 1 aromatic carbocycles. The zero-order valence-corrected chi connectivity index (χ0v) is 14.1. The molecule has 4 nitrogen and oxygen atoms in total. The minimum absolute atomic E-state index is 0.177. The molecule has 0 heterocycles. The Balaban J connectivity index is 2.95. The highest BCUT2D eigenvalue weighted by molar-refractivity contribution is 9.10. The van der Waals surface area contributed by atoms with Gasteiger partial charge in [-0.25, -0.2) is 17.6 Å². The second-order valence-electron chi connectivity index (χ2n) is 4.80. The summed E-state index contributed by atoms with van der Waals surface area (Å²) in [6.45, 7) is 2.06. The van der Waals surface area contributed by atoms with E-state index in [-0.39, 0.29) is 10.2 Å². The number of hydrogen-bond donors (Lipinski definition) is 1. The zero-order valence-electron chi connectivity index (χ0n) is 11.7. The minimum atomic E-state index is -3.82. The van der Waals surface area contributed by atoms with Gasteiger partial charge in [-0.15, -0.1) is 0 Å². The van der Waals surface area contributed by atoms with E-state index in [4.69, 9.17) is 5.11 Å². The number of carboxylic acids is 1. The van der Waals surface area contributed by atoms with Gasteiger partial charge >= 0.3 is 5.97 Å². The maximum Gasteiger partial charge on any atom is 0.338 e. The number of sulfone groups is 1. The summed E-state index contributed by atoms with van der Waals surface area (Å²) in [5.41, 5.74) is -0.645. The Morgan fingerprint density at radius 2 is 1.86 bits per heavy atom. The number of carboxylic acid groups (broad SMARTS) is 1. The van der Waals surface area contributed by atoms with Gasteiger partial charge in [0.05, 0.1) is 11.3 Å². The summed E-state index contributed by atoms with van der Waals surface area (Å²) in [6.07, 6.45) is 4.22. The standard InChI is InChI=1S/C14H18BrFO4S/c1-2-3-4-5-6-7-21(19,20)12-9-10(15)8-11(13(12)16)14(17)18/h8-9H,2-7H2,1H3,(H,17,18). The topological polar surface area (TPSA) is 71.4 Å². The summed E-state index contributed by atoms with van der Waals surface area (Å²) in [7, 11) is -3.82. The number of hydrogen-bond acceptors (Lipinski definition) is 3. The second kappa shape index (κ2) is 7.89. The van der Waals surface area contributed by atoms with E-state index in [0.29, 0.717) is 6.42 Å². The Kier molecular flexibility index (Phi) is 6.80. The molecule has 0 spiro atoms. The lowest BCUT2D eigenvalue weighted by Gasteiger charge is -2.08. The quantitative estimate of drug-likeness (QED) is 0.691. The highest BCUT2D eigenvalue weighted by Gasteiger charge is 2.24. The van der Waals surface area contributed by atoms with Crippen molar-refractivity contribution in [2.45, 2.75) is 43.9 Å². The third-order valence-corrected chi connectivity index (χ3v) is 5.34. The lowest BCUT2D eigenvalue weighted by atomic mass is 10.2. The van der Waals surface area contributed by atoms with E-state index in [2.05, 4.69) is 22.9 Å². The predicted molar refractivity (Wildman–Crippen MR) is 81.9 cm³/mol. The van der Waals surface area contributed by atoms with E-state index < -0.39 is 32.1 Å². The molecule has 0 amide bonds.